The normalized spacial score (nSPS) is 11.7. The van der Waals surface area contributed by atoms with E-state index in [0.29, 0.717) is 22.7 Å². The number of benzene rings is 2. The Morgan fingerprint density at radius 1 is 0.833 bits per heavy atom. The van der Waals surface area contributed by atoms with E-state index >= 15 is 0 Å². The molecule has 0 atom stereocenters. The van der Waals surface area contributed by atoms with E-state index in [-0.39, 0.29) is 15.7 Å². The van der Waals surface area contributed by atoms with Crippen molar-refractivity contribution in [1.82, 2.24) is 10.2 Å². The third-order valence-electron chi connectivity index (χ3n) is 4.11. The molecule has 0 aliphatic carbocycles. The predicted octanol–water partition coefficient (Wildman–Crippen LogP) is 2.37. The van der Waals surface area contributed by atoms with Gasteiger partial charge in [-0.25, -0.2) is 16.8 Å². The summed E-state index contributed by atoms with van der Waals surface area (Å²) in [5.74, 6) is 0.623. The second kappa shape index (κ2) is 8.28. The Bertz CT molecular complexity index is 1260. The van der Waals surface area contributed by atoms with E-state index in [1.807, 2.05) is 0 Å². The third-order valence-corrected chi connectivity index (χ3v) is 6.51. The molecule has 30 heavy (non-hydrogen) atoms. The molecule has 0 spiro atoms. The second-order valence-electron chi connectivity index (χ2n) is 6.23. The van der Waals surface area contributed by atoms with E-state index in [0.717, 1.165) is 6.26 Å². The molecule has 2 aromatic carbocycles. The molecule has 0 aliphatic rings. The maximum atomic E-state index is 12.8. The van der Waals surface area contributed by atoms with Crippen molar-refractivity contribution in [2.45, 2.75) is 9.92 Å². The van der Waals surface area contributed by atoms with Gasteiger partial charge in [-0.1, -0.05) is 12.1 Å². The van der Waals surface area contributed by atoms with E-state index in [1.54, 1.807) is 24.3 Å². The van der Waals surface area contributed by atoms with Gasteiger partial charge in [-0.3, -0.25) is 4.72 Å². The molecular weight excluding hydrogens is 430 g/mol. The molecule has 3 aromatic rings. The molecule has 0 saturated heterocycles. The maximum Gasteiger partial charge on any atom is 0.265 e. The number of nitrogens with zero attached hydrogens (tertiary/aromatic N) is 2. The van der Waals surface area contributed by atoms with Crippen molar-refractivity contribution in [1.29, 1.82) is 0 Å². The summed E-state index contributed by atoms with van der Waals surface area (Å²) in [5, 5.41) is 7.50. The van der Waals surface area contributed by atoms with Crippen LogP contribution in [-0.2, 0) is 19.9 Å². The highest BCUT2D eigenvalue weighted by Crippen LogP contribution is 2.30. The summed E-state index contributed by atoms with van der Waals surface area (Å²) in [5.41, 5.74) is 1.43. The first-order chi connectivity index (χ1) is 14.1. The van der Waals surface area contributed by atoms with Gasteiger partial charge in [0.05, 0.1) is 19.9 Å². The lowest BCUT2D eigenvalue weighted by Crippen LogP contribution is -2.14. The van der Waals surface area contributed by atoms with Gasteiger partial charge in [0.25, 0.3) is 10.0 Å². The van der Waals surface area contributed by atoms with Crippen molar-refractivity contribution < 1.29 is 26.3 Å². The lowest BCUT2D eigenvalue weighted by Gasteiger charge is -2.13. The monoisotopic (exact) mass is 449 g/mol. The fourth-order valence-corrected chi connectivity index (χ4v) is 4.30. The first-order valence-electron chi connectivity index (χ1n) is 8.53. The highest BCUT2D eigenvalue weighted by molar-refractivity contribution is 7.92. The van der Waals surface area contributed by atoms with Crippen molar-refractivity contribution in [2.75, 3.05) is 25.2 Å². The van der Waals surface area contributed by atoms with Gasteiger partial charge in [-0.2, -0.15) is 0 Å². The minimum absolute atomic E-state index is 0.0305. The number of ether oxygens (including phenoxy) is 2. The summed E-state index contributed by atoms with van der Waals surface area (Å²) in [6.07, 6.45) is 1.05. The summed E-state index contributed by atoms with van der Waals surface area (Å²) in [7, 11) is -4.49. The van der Waals surface area contributed by atoms with E-state index in [1.165, 1.54) is 44.6 Å². The Balaban J connectivity index is 1.83. The van der Waals surface area contributed by atoms with Gasteiger partial charge < -0.3 is 9.47 Å². The average molecular weight is 450 g/mol. The van der Waals surface area contributed by atoms with Crippen LogP contribution in [0.25, 0.3) is 11.3 Å². The quantitative estimate of drug-likeness (QED) is 0.583. The van der Waals surface area contributed by atoms with Crippen LogP contribution in [0.15, 0.2) is 64.5 Å². The number of hydrogen-bond acceptors (Lipinski definition) is 8. The average Bonchev–Trinajstić information content (AvgIpc) is 2.73. The molecule has 0 aliphatic heterocycles. The molecule has 9 nitrogen and oxygen atoms in total. The Morgan fingerprint density at radius 3 is 2.07 bits per heavy atom. The lowest BCUT2D eigenvalue weighted by atomic mass is 10.1. The first kappa shape index (κ1) is 21.5. The van der Waals surface area contributed by atoms with Gasteiger partial charge in [0, 0.05) is 23.6 Å². The third kappa shape index (κ3) is 4.69. The fourth-order valence-electron chi connectivity index (χ4n) is 2.59. The van der Waals surface area contributed by atoms with Crippen molar-refractivity contribution in [3.63, 3.8) is 0 Å². The molecule has 0 bridgehead atoms. The van der Waals surface area contributed by atoms with Gasteiger partial charge >= 0.3 is 0 Å². The van der Waals surface area contributed by atoms with Crippen LogP contribution >= 0.6 is 0 Å². The lowest BCUT2D eigenvalue weighted by molar-refractivity contribution is 0.386. The van der Waals surface area contributed by atoms with Crippen LogP contribution < -0.4 is 14.2 Å². The zero-order valence-electron chi connectivity index (χ0n) is 16.4. The Morgan fingerprint density at radius 2 is 1.53 bits per heavy atom. The maximum absolute atomic E-state index is 12.8. The van der Waals surface area contributed by atoms with Crippen molar-refractivity contribution in [2.24, 2.45) is 0 Å². The van der Waals surface area contributed by atoms with Crippen LogP contribution in [0, 0.1) is 0 Å². The molecule has 158 valence electrons. The van der Waals surface area contributed by atoms with Crippen molar-refractivity contribution >= 4 is 25.5 Å². The number of nitrogens with one attached hydrogen (secondary N) is 1. The number of sulfonamides is 1. The smallest absolute Gasteiger partial charge is 0.265 e. The van der Waals surface area contributed by atoms with E-state index in [2.05, 4.69) is 14.9 Å². The molecule has 1 heterocycles. The number of sulfone groups is 1. The minimum Gasteiger partial charge on any atom is -0.497 e. The number of rotatable bonds is 7. The van der Waals surface area contributed by atoms with Gasteiger partial charge in [-0.05, 0) is 36.4 Å². The van der Waals surface area contributed by atoms with E-state index in [9.17, 15) is 16.8 Å². The van der Waals surface area contributed by atoms with Gasteiger partial charge in [0.2, 0.25) is 0 Å². The van der Waals surface area contributed by atoms with Crippen molar-refractivity contribution in [3.05, 3.63) is 54.6 Å². The molecular formula is C19H19N3O6S2. The van der Waals surface area contributed by atoms with E-state index in [4.69, 9.17) is 9.47 Å². The molecule has 0 unspecified atom stereocenters. The number of methoxy groups -OCH3 is 2. The van der Waals surface area contributed by atoms with Crippen LogP contribution in [0.3, 0.4) is 0 Å². The van der Waals surface area contributed by atoms with Gasteiger partial charge in [-0.15, -0.1) is 10.2 Å². The van der Waals surface area contributed by atoms with Crippen LogP contribution in [0.5, 0.6) is 11.5 Å². The molecule has 11 heteroatoms. The van der Waals surface area contributed by atoms with Gasteiger partial charge in [0.15, 0.2) is 14.9 Å². The number of anilines is 1. The zero-order valence-corrected chi connectivity index (χ0v) is 18.0. The number of aromatic nitrogens is 2. The molecule has 0 amide bonds. The Kier molecular flexibility index (Phi) is 5.94. The highest BCUT2D eigenvalue weighted by Gasteiger charge is 2.20. The SMILES string of the molecule is COc1ccc(S(=O)(=O)Nc2ccc(-c3ccc(S(C)(=O)=O)nn3)cc2)c(OC)c1. The molecule has 0 fully saturated rings. The molecule has 1 aromatic heterocycles. The van der Waals surface area contributed by atoms with Crippen LogP contribution in [0.1, 0.15) is 0 Å². The first-order valence-corrected chi connectivity index (χ1v) is 11.9. The summed E-state index contributed by atoms with van der Waals surface area (Å²) in [4.78, 5) is -0.0305. The summed E-state index contributed by atoms with van der Waals surface area (Å²) in [6.45, 7) is 0. The van der Waals surface area contributed by atoms with E-state index < -0.39 is 19.9 Å². The summed E-state index contributed by atoms with van der Waals surface area (Å²) >= 11 is 0. The largest absolute Gasteiger partial charge is 0.497 e. The minimum atomic E-state index is -3.91. The van der Waals surface area contributed by atoms with Crippen LogP contribution in [0.4, 0.5) is 5.69 Å². The molecule has 0 saturated carbocycles. The molecule has 1 N–H and O–H groups in total. The highest BCUT2D eigenvalue weighted by atomic mass is 32.2. The van der Waals surface area contributed by atoms with Crippen molar-refractivity contribution in [3.8, 4) is 22.8 Å². The Hall–Kier alpha value is -3.18. The zero-order chi connectivity index (χ0) is 21.9. The molecule has 3 rings (SSSR count). The summed E-state index contributed by atoms with van der Waals surface area (Å²) in [6, 6.07) is 13.7. The Labute approximate surface area is 174 Å². The topological polar surface area (TPSA) is 125 Å². The summed E-state index contributed by atoms with van der Waals surface area (Å²) < 4.78 is 61.2. The van der Waals surface area contributed by atoms with Gasteiger partial charge in [0.1, 0.15) is 16.4 Å². The molecule has 0 radical (unpaired) electrons. The second-order valence-corrected chi connectivity index (χ2v) is 9.84. The number of hydrogen-bond donors (Lipinski definition) is 1. The standard InChI is InChI=1S/C19H19N3O6S2/c1-27-15-8-10-18(17(12-15)28-2)30(25,26)22-14-6-4-13(5-7-14)16-9-11-19(21-20-16)29(3,23)24/h4-12,22H,1-3H3. The van der Waals surface area contributed by atoms with Crippen LogP contribution in [0.2, 0.25) is 0 Å². The van der Waals surface area contributed by atoms with Crippen LogP contribution in [-0.4, -0.2) is 47.5 Å². The fraction of sp³-hybridized carbons (Fsp3) is 0.158. The predicted molar refractivity (Wildman–Crippen MR) is 111 cm³/mol.